The molecule has 1 unspecified atom stereocenters. The minimum Gasteiger partial charge on any atom is -0.478 e. The summed E-state index contributed by atoms with van der Waals surface area (Å²) in [6, 6.07) is 7.15. The lowest BCUT2D eigenvalue weighted by atomic mass is 9.97. The van der Waals surface area contributed by atoms with Gasteiger partial charge < -0.3 is 10.0 Å². The molecule has 2 heterocycles. The van der Waals surface area contributed by atoms with Gasteiger partial charge in [0.1, 0.15) is 0 Å². The van der Waals surface area contributed by atoms with Gasteiger partial charge in [0, 0.05) is 13.1 Å². The lowest BCUT2D eigenvalue weighted by molar-refractivity contribution is -0.131. The van der Waals surface area contributed by atoms with Crippen LogP contribution < -0.4 is 0 Å². The first kappa shape index (κ1) is 17.0. The molecule has 5 heteroatoms. The first-order chi connectivity index (χ1) is 11.6. The zero-order valence-corrected chi connectivity index (χ0v) is 14.1. The van der Waals surface area contributed by atoms with Crippen molar-refractivity contribution in [1.82, 2.24) is 9.80 Å². The van der Waals surface area contributed by atoms with Gasteiger partial charge in [0.05, 0.1) is 12.1 Å². The average Bonchev–Trinajstić information content (AvgIpc) is 3.04. The first-order valence-electron chi connectivity index (χ1n) is 8.94. The topological polar surface area (TPSA) is 60.9 Å². The van der Waals surface area contributed by atoms with Crippen molar-refractivity contribution in [2.75, 3.05) is 32.7 Å². The van der Waals surface area contributed by atoms with Crippen LogP contribution >= 0.6 is 0 Å². The van der Waals surface area contributed by atoms with Gasteiger partial charge in [0.25, 0.3) is 0 Å². The Labute approximate surface area is 143 Å². The van der Waals surface area contributed by atoms with Crippen molar-refractivity contribution in [2.45, 2.75) is 32.1 Å². The Morgan fingerprint density at radius 3 is 2.67 bits per heavy atom. The predicted octanol–water partition coefficient (Wildman–Crippen LogP) is 2.26. The van der Waals surface area contributed by atoms with E-state index in [-0.39, 0.29) is 5.91 Å². The molecular weight excluding hydrogens is 304 g/mol. The summed E-state index contributed by atoms with van der Waals surface area (Å²) in [5, 5.41) is 9.08. The van der Waals surface area contributed by atoms with Crippen LogP contribution in [0.2, 0.25) is 0 Å². The van der Waals surface area contributed by atoms with Crippen molar-refractivity contribution in [3.05, 3.63) is 35.4 Å². The van der Waals surface area contributed by atoms with E-state index < -0.39 is 5.97 Å². The molecule has 0 aromatic heterocycles. The molecule has 0 saturated carbocycles. The summed E-state index contributed by atoms with van der Waals surface area (Å²) in [6.07, 6.45) is 5.54. The Balaban J connectivity index is 1.50. The molecule has 0 spiro atoms. The van der Waals surface area contributed by atoms with Gasteiger partial charge in [0.2, 0.25) is 5.91 Å². The molecule has 0 aliphatic carbocycles. The SMILES string of the molecule is O=C(O)c1cccc(CC2CCN(C(=O)CN3CCCCC3)C2)c1. The number of hydrogen-bond acceptors (Lipinski definition) is 3. The fourth-order valence-corrected chi connectivity index (χ4v) is 3.80. The fourth-order valence-electron chi connectivity index (χ4n) is 3.80. The van der Waals surface area contributed by atoms with E-state index in [1.165, 1.54) is 19.3 Å². The van der Waals surface area contributed by atoms with Gasteiger partial charge >= 0.3 is 5.97 Å². The number of carbonyl (C=O) groups excluding carboxylic acids is 1. The van der Waals surface area contributed by atoms with Crippen LogP contribution in [0.15, 0.2) is 24.3 Å². The standard InChI is InChI=1S/C19H26N2O3/c22-18(14-20-8-2-1-3-9-20)21-10-7-16(13-21)11-15-5-4-6-17(12-15)19(23)24/h4-6,12,16H,1-3,7-11,13-14H2,(H,23,24). The summed E-state index contributed by atoms with van der Waals surface area (Å²) in [5.41, 5.74) is 1.38. The third-order valence-electron chi connectivity index (χ3n) is 5.14. The minimum absolute atomic E-state index is 0.249. The van der Waals surface area contributed by atoms with Crippen molar-refractivity contribution in [2.24, 2.45) is 5.92 Å². The molecule has 5 nitrogen and oxygen atoms in total. The van der Waals surface area contributed by atoms with Crippen LogP contribution in [0.5, 0.6) is 0 Å². The molecule has 0 bridgehead atoms. The van der Waals surface area contributed by atoms with E-state index in [1.54, 1.807) is 18.2 Å². The summed E-state index contributed by atoms with van der Waals surface area (Å²) < 4.78 is 0. The smallest absolute Gasteiger partial charge is 0.335 e. The number of nitrogens with zero attached hydrogens (tertiary/aromatic N) is 2. The lowest BCUT2D eigenvalue weighted by Gasteiger charge is -2.28. The van der Waals surface area contributed by atoms with E-state index in [9.17, 15) is 9.59 Å². The Hall–Kier alpha value is -1.88. The van der Waals surface area contributed by atoms with E-state index in [2.05, 4.69) is 4.90 Å². The van der Waals surface area contributed by atoms with Crippen LogP contribution in [0.3, 0.4) is 0 Å². The number of carbonyl (C=O) groups is 2. The highest BCUT2D eigenvalue weighted by Crippen LogP contribution is 2.22. The maximum absolute atomic E-state index is 12.5. The summed E-state index contributed by atoms with van der Waals surface area (Å²) in [4.78, 5) is 27.8. The summed E-state index contributed by atoms with van der Waals surface area (Å²) in [5.74, 6) is -0.209. The predicted molar refractivity (Wildman–Crippen MR) is 92.1 cm³/mol. The normalized spacial score (nSPS) is 21.8. The highest BCUT2D eigenvalue weighted by Gasteiger charge is 2.27. The van der Waals surface area contributed by atoms with E-state index in [4.69, 9.17) is 5.11 Å². The van der Waals surface area contributed by atoms with Crippen molar-refractivity contribution >= 4 is 11.9 Å². The third kappa shape index (κ3) is 4.35. The zero-order valence-electron chi connectivity index (χ0n) is 14.1. The number of carboxylic acid groups (broad SMARTS) is 1. The van der Waals surface area contributed by atoms with Gasteiger partial charge in [0.15, 0.2) is 0 Å². The second-order valence-electron chi connectivity index (χ2n) is 7.04. The molecule has 2 aliphatic rings. The van der Waals surface area contributed by atoms with Gasteiger partial charge in [-0.25, -0.2) is 4.79 Å². The molecule has 2 fully saturated rings. The molecule has 3 rings (SSSR count). The molecule has 1 atom stereocenters. The molecular formula is C19H26N2O3. The van der Waals surface area contributed by atoms with Crippen LogP contribution in [0, 0.1) is 5.92 Å². The van der Waals surface area contributed by atoms with E-state index in [0.29, 0.717) is 18.0 Å². The molecule has 130 valence electrons. The number of carboxylic acids is 1. The molecule has 2 saturated heterocycles. The minimum atomic E-state index is -0.887. The Kier molecular flexibility index (Phi) is 5.51. The number of amides is 1. The van der Waals surface area contributed by atoms with Crippen molar-refractivity contribution in [1.29, 1.82) is 0 Å². The highest BCUT2D eigenvalue weighted by atomic mass is 16.4. The van der Waals surface area contributed by atoms with Gasteiger partial charge in [-0.2, -0.15) is 0 Å². The number of hydrogen-bond donors (Lipinski definition) is 1. The number of benzene rings is 1. The van der Waals surface area contributed by atoms with Crippen molar-refractivity contribution in [3.63, 3.8) is 0 Å². The first-order valence-corrected chi connectivity index (χ1v) is 8.94. The van der Waals surface area contributed by atoms with Gasteiger partial charge in [-0.1, -0.05) is 18.6 Å². The Morgan fingerprint density at radius 1 is 1.12 bits per heavy atom. The van der Waals surface area contributed by atoms with Crippen molar-refractivity contribution in [3.8, 4) is 0 Å². The highest BCUT2D eigenvalue weighted by molar-refractivity contribution is 5.87. The maximum Gasteiger partial charge on any atom is 0.335 e. The zero-order chi connectivity index (χ0) is 16.9. The summed E-state index contributed by atoms with van der Waals surface area (Å²) in [6.45, 7) is 4.27. The summed E-state index contributed by atoms with van der Waals surface area (Å²) in [7, 11) is 0. The van der Waals surface area contributed by atoms with Gasteiger partial charge in [-0.05, 0) is 62.4 Å². The molecule has 1 aromatic rings. The second-order valence-corrected chi connectivity index (χ2v) is 7.04. The van der Waals surface area contributed by atoms with Crippen LogP contribution in [-0.2, 0) is 11.2 Å². The van der Waals surface area contributed by atoms with Gasteiger partial charge in [-0.15, -0.1) is 0 Å². The van der Waals surface area contributed by atoms with Crippen LogP contribution in [0.25, 0.3) is 0 Å². The van der Waals surface area contributed by atoms with Crippen molar-refractivity contribution < 1.29 is 14.7 Å². The molecule has 1 amide bonds. The average molecular weight is 330 g/mol. The number of rotatable bonds is 5. The van der Waals surface area contributed by atoms with Crippen LogP contribution in [0.4, 0.5) is 0 Å². The Bertz CT molecular complexity index is 596. The van der Waals surface area contributed by atoms with Crippen LogP contribution in [0.1, 0.15) is 41.6 Å². The fraction of sp³-hybridized carbons (Fsp3) is 0.579. The Morgan fingerprint density at radius 2 is 1.92 bits per heavy atom. The molecule has 24 heavy (non-hydrogen) atoms. The maximum atomic E-state index is 12.5. The van der Waals surface area contributed by atoms with Crippen LogP contribution in [-0.4, -0.2) is 59.5 Å². The van der Waals surface area contributed by atoms with E-state index in [1.807, 2.05) is 11.0 Å². The molecule has 2 aliphatic heterocycles. The molecule has 1 aromatic carbocycles. The van der Waals surface area contributed by atoms with E-state index >= 15 is 0 Å². The lowest BCUT2D eigenvalue weighted by Crippen LogP contribution is -2.41. The number of piperidine rings is 1. The monoisotopic (exact) mass is 330 g/mol. The number of aromatic carboxylic acids is 1. The largest absolute Gasteiger partial charge is 0.478 e. The third-order valence-corrected chi connectivity index (χ3v) is 5.14. The number of likely N-dealkylation sites (tertiary alicyclic amines) is 2. The van der Waals surface area contributed by atoms with E-state index in [0.717, 1.165) is 44.6 Å². The molecule has 1 N–H and O–H groups in total. The summed E-state index contributed by atoms with van der Waals surface area (Å²) >= 11 is 0. The second kappa shape index (κ2) is 7.79. The quantitative estimate of drug-likeness (QED) is 0.900. The van der Waals surface area contributed by atoms with Gasteiger partial charge in [-0.3, -0.25) is 9.69 Å². The molecule has 0 radical (unpaired) electrons.